The van der Waals surface area contributed by atoms with E-state index in [2.05, 4.69) is 15.6 Å². The van der Waals surface area contributed by atoms with Crippen LogP contribution in [0.25, 0.3) is 5.69 Å². The van der Waals surface area contributed by atoms with E-state index in [0.29, 0.717) is 30.9 Å². The third-order valence-corrected chi connectivity index (χ3v) is 4.73. The third kappa shape index (κ3) is 4.71. The second-order valence-electron chi connectivity index (χ2n) is 7.42. The molecule has 0 saturated carbocycles. The highest BCUT2D eigenvalue weighted by Gasteiger charge is 2.30. The fourth-order valence-electron chi connectivity index (χ4n) is 3.33. The number of urea groups is 1. The van der Waals surface area contributed by atoms with Crippen molar-refractivity contribution in [3.05, 3.63) is 40.7 Å². The minimum absolute atomic E-state index is 0.0324. The Bertz CT molecular complexity index is 954. The third-order valence-electron chi connectivity index (χ3n) is 4.73. The minimum atomic E-state index is -4.51. The molecule has 0 radical (unpaired) electrons. The number of halogens is 3. The Balaban J connectivity index is 1.83. The number of benzene rings is 1. The molecule has 30 heavy (non-hydrogen) atoms. The minimum Gasteiger partial charge on any atom is -0.341 e. The maximum absolute atomic E-state index is 12.4. The van der Waals surface area contributed by atoms with Crippen LogP contribution in [-0.4, -0.2) is 57.1 Å². The van der Waals surface area contributed by atoms with E-state index in [4.69, 9.17) is 0 Å². The smallest absolute Gasteiger partial charge is 0.341 e. The van der Waals surface area contributed by atoms with Crippen molar-refractivity contribution in [2.75, 3.05) is 13.1 Å². The van der Waals surface area contributed by atoms with Crippen LogP contribution in [0.15, 0.2) is 18.2 Å². The van der Waals surface area contributed by atoms with Crippen LogP contribution in [0.2, 0.25) is 0 Å². The molecule has 0 fully saturated rings. The molecular formula is C19H23F3N6O2. The number of fused-ring (bicyclic) bond motifs is 1. The predicted molar refractivity (Wildman–Crippen MR) is 102 cm³/mol. The molecule has 2 aromatic rings. The van der Waals surface area contributed by atoms with Gasteiger partial charge in [-0.2, -0.15) is 13.2 Å². The summed E-state index contributed by atoms with van der Waals surface area (Å²) in [6.07, 6.45) is -3.93. The summed E-state index contributed by atoms with van der Waals surface area (Å²) in [4.78, 5) is 26.1. The maximum atomic E-state index is 12.4. The van der Waals surface area contributed by atoms with Gasteiger partial charge in [0, 0.05) is 19.1 Å². The molecule has 1 aromatic heterocycles. The number of aromatic nitrogens is 3. The van der Waals surface area contributed by atoms with Gasteiger partial charge in [-0.1, -0.05) is 17.3 Å². The first kappa shape index (κ1) is 21.6. The lowest BCUT2D eigenvalue weighted by Gasteiger charge is -2.30. The van der Waals surface area contributed by atoms with Crippen LogP contribution in [0.1, 0.15) is 41.2 Å². The number of carbonyl (C=O) groups is 2. The average Bonchev–Trinajstić information content (AvgIpc) is 3.05. The van der Waals surface area contributed by atoms with Gasteiger partial charge in [0.25, 0.3) is 5.91 Å². The van der Waals surface area contributed by atoms with Crippen LogP contribution in [-0.2, 0) is 13.0 Å². The molecular weight excluding hydrogens is 401 g/mol. The summed E-state index contributed by atoms with van der Waals surface area (Å²) in [7, 11) is 0. The van der Waals surface area contributed by atoms with Gasteiger partial charge < -0.3 is 15.5 Å². The van der Waals surface area contributed by atoms with Crippen molar-refractivity contribution < 1.29 is 22.8 Å². The maximum Gasteiger partial charge on any atom is 0.405 e. The van der Waals surface area contributed by atoms with Gasteiger partial charge in [-0.3, -0.25) is 4.79 Å². The number of nitrogens with one attached hydrogen (secondary N) is 2. The highest BCUT2D eigenvalue weighted by Crippen LogP contribution is 2.26. The van der Waals surface area contributed by atoms with Crippen molar-refractivity contribution in [3.8, 4) is 5.69 Å². The van der Waals surface area contributed by atoms with E-state index in [0.717, 1.165) is 11.1 Å². The van der Waals surface area contributed by atoms with Crippen LogP contribution in [0, 0.1) is 6.92 Å². The first-order valence-corrected chi connectivity index (χ1v) is 9.50. The Morgan fingerprint density at radius 1 is 1.27 bits per heavy atom. The van der Waals surface area contributed by atoms with Crippen molar-refractivity contribution in [2.24, 2.45) is 0 Å². The number of amides is 3. The number of carbonyl (C=O) groups excluding carboxylic acids is 2. The highest BCUT2D eigenvalue weighted by molar-refractivity contribution is 5.93. The largest absolute Gasteiger partial charge is 0.405 e. The van der Waals surface area contributed by atoms with Gasteiger partial charge in [-0.05, 0) is 44.4 Å². The molecule has 2 N–H and O–H groups in total. The first-order valence-electron chi connectivity index (χ1n) is 9.50. The normalized spacial score (nSPS) is 13.9. The standard InChI is InChI=1S/C19H23F3N6O2/c1-11(2)24-18(30)27-8-7-14-13(9-27)5-4-6-15(14)28-12(3)16(25-26-28)17(29)23-10-19(20,21)22/h4-6,11H,7-10H2,1-3H3,(H,23,29)(H,24,30). The van der Waals surface area contributed by atoms with Crippen molar-refractivity contribution in [1.29, 1.82) is 0 Å². The summed E-state index contributed by atoms with van der Waals surface area (Å²) in [5.74, 6) is -0.933. The summed E-state index contributed by atoms with van der Waals surface area (Å²) >= 11 is 0. The fourth-order valence-corrected chi connectivity index (χ4v) is 3.33. The monoisotopic (exact) mass is 424 g/mol. The molecule has 0 aliphatic carbocycles. The van der Waals surface area contributed by atoms with Gasteiger partial charge in [0.2, 0.25) is 0 Å². The Hall–Kier alpha value is -3.11. The molecule has 2 heterocycles. The van der Waals surface area contributed by atoms with Crippen LogP contribution >= 0.6 is 0 Å². The zero-order chi connectivity index (χ0) is 22.1. The number of hydrogen-bond acceptors (Lipinski definition) is 4. The summed E-state index contributed by atoms with van der Waals surface area (Å²) in [5.41, 5.74) is 2.77. The molecule has 11 heteroatoms. The predicted octanol–water partition coefficient (Wildman–Crippen LogP) is 2.34. The topological polar surface area (TPSA) is 92.2 Å². The SMILES string of the molecule is Cc1c(C(=O)NCC(F)(F)F)nnn1-c1cccc2c1CCN(C(=O)NC(C)C)C2. The van der Waals surface area contributed by atoms with E-state index in [1.54, 1.807) is 11.8 Å². The van der Waals surface area contributed by atoms with Crippen LogP contribution in [0.3, 0.4) is 0 Å². The lowest BCUT2D eigenvalue weighted by Crippen LogP contribution is -2.45. The highest BCUT2D eigenvalue weighted by atomic mass is 19.4. The van der Waals surface area contributed by atoms with E-state index in [9.17, 15) is 22.8 Å². The molecule has 3 amide bonds. The zero-order valence-corrected chi connectivity index (χ0v) is 16.9. The molecule has 0 bridgehead atoms. The molecule has 0 unspecified atom stereocenters. The number of alkyl halides is 3. The number of nitrogens with zero attached hydrogens (tertiary/aromatic N) is 4. The molecule has 0 saturated heterocycles. The molecule has 1 aliphatic rings. The van der Waals surface area contributed by atoms with Crippen LogP contribution < -0.4 is 10.6 Å². The van der Waals surface area contributed by atoms with Gasteiger partial charge in [0.05, 0.1) is 11.4 Å². The Morgan fingerprint density at radius 3 is 2.67 bits per heavy atom. The summed E-state index contributed by atoms with van der Waals surface area (Å²) < 4.78 is 38.5. The molecule has 8 nitrogen and oxygen atoms in total. The van der Waals surface area contributed by atoms with Gasteiger partial charge in [-0.25, -0.2) is 9.48 Å². The van der Waals surface area contributed by atoms with Crippen molar-refractivity contribution in [2.45, 2.75) is 46.0 Å². The second-order valence-corrected chi connectivity index (χ2v) is 7.42. The van der Waals surface area contributed by atoms with Crippen LogP contribution in [0.4, 0.5) is 18.0 Å². The van der Waals surface area contributed by atoms with Gasteiger partial charge >= 0.3 is 12.2 Å². The molecule has 0 atom stereocenters. The Kier molecular flexibility index (Phi) is 5.99. The first-order chi connectivity index (χ1) is 14.1. The zero-order valence-electron chi connectivity index (χ0n) is 16.9. The van der Waals surface area contributed by atoms with Gasteiger partial charge in [0.15, 0.2) is 5.69 Å². The van der Waals surface area contributed by atoms with E-state index in [-0.39, 0.29) is 17.8 Å². The molecule has 1 aromatic carbocycles. The van der Waals surface area contributed by atoms with Crippen molar-refractivity contribution in [3.63, 3.8) is 0 Å². The molecule has 3 rings (SSSR count). The number of rotatable bonds is 4. The molecule has 0 spiro atoms. The van der Waals surface area contributed by atoms with E-state index in [1.807, 2.05) is 37.4 Å². The molecule has 1 aliphatic heterocycles. The summed E-state index contributed by atoms with van der Waals surface area (Å²) in [6, 6.07) is 5.42. The Morgan fingerprint density at radius 2 is 2.00 bits per heavy atom. The second kappa shape index (κ2) is 8.33. The quantitative estimate of drug-likeness (QED) is 0.788. The lowest BCUT2D eigenvalue weighted by molar-refractivity contribution is -0.123. The molecule has 162 valence electrons. The Labute approximate surface area is 171 Å². The number of hydrogen-bond donors (Lipinski definition) is 2. The van der Waals surface area contributed by atoms with Gasteiger partial charge in [0.1, 0.15) is 6.54 Å². The van der Waals surface area contributed by atoms with Crippen LogP contribution in [0.5, 0.6) is 0 Å². The summed E-state index contributed by atoms with van der Waals surface area (Å²) in [6.45, 7) is 4.86. The van der Waals surface area contributed by atoms with E-state index < -0.39 is 18.6 Å². The van der Waals surface area contributed by atoms with E-state index in [1.165, 1.54) is 4.68 Å². The van der Waals surface area contributed by atoms with E-state index >= 15 is 0 Å². The summed E-state index contributed by atoms with van der Waals surface area (Å²) in [5, 5.41) is 12.4. The van der Waals surface area contributed by atoms with Crippen molar-refractivity contribution in [1.82, 2.24) is 30.5 Å². The fraction of sp³-hybridized carbons (Fsp3) is 0.474. The van der Waals surface area contributed by atoms with Gasteiger partial charge in [-0.15, -0.1) is 5.10 Å². The van der Waals surface area contributed by atoms with Crippen molar-refractivity contribution >= 4 is 11.9 Å². The average molecular weight is 424 g/mol. The lowest BCUT2D eigenvalue weighted by atomic mass is 9.98.